The van der Waals surface area contributed by atoms with Gasteiger partial charge in [0.15, 0.2) is 11.5 Å². The van der Waals surface area contributed by atoms with Crippen LogP contribution in [0.15, 0.2) is 66.2 Å². The summed E-state index contributed by atoms with van der Waals surface area (Å²) in [4.78, 5) is 23.0. The minimum Gasteiger partial charge on any atom is -0.490 e. The summed E-state index contributed by atoms with van der Waals surface area (Å²) in [7, 11) is 0. The molecule has 0 spiro atoms. The van der Waals surface area contributed by atoms with E-state index in [2.05, 4.69) is 5.32 Å². The van der Waals surface area contributed by atoms with Crippen molar-refractivity contribution in [3.63, 3.8) is 0 Å². The van der Waals surface area contributed by atoms with Gasteiger partial charge in [0.1, 0.15) is 18.2 Å². The molecule has 178 valence electrons. The van der Waals surface area contributed by atoms with E-state index in [1.54, 1.807) is 55.5 Å². The molecule has 0 saturated heterocycles. The Bertz CT molecular complexity index is 1290. The van der Waals surface area contributed by atoms with Crippen LogP contribution >= 0.6 is 11.6 Å². The Morgan fingerprint density at radius 1 is 1.14 bits per heavy atom. The molecule has 1 N–H and O–H groups in total. The highest BCUT2D eigenvalue weighted by Crippen LogP contribution is 2.31. The van der Waals surface area contributed by atoms with Crippen LogP contribution in [0.5, 0.6) is 11.5 Å². The van der Waals surface area contributed by atoms with Crippen molar-refractivity contribution in [2.75, 3.05) is 11.9 Å². The zero-order valence-electron chi connectivity index (χ0n) is 19.1. The Kier molecular flexibility index (Phi) is 8.43. The molecule has 0 aliphatic rings. The summed E-state index contributed by atoms with van der Waals surface area (Å²) in [5.41, 5.74) is 2.44. The lowest BCUT2D eigenvalue weighted by molar-refractivity contribution is -0.384. The molecule has 0 aliphatic heterocycles. The van der Waals surface area contributed by atoms with Gasteiger partial charge in [-0.15, -0.1) is 0 Å². The van der Waals surface area contributed by atoms with Gasteiger partial charge in [0.05, 0.1) is 22.2 Å². The number of anilines is 1. The third-order valence-corrected chi connectivity index (χ3v) is 5.26. The SMILES string of the molecule is CCOc1cc(/C=C(\C#N)C(=O)Nc2c(C)cccc2Cl)ccc1OCc1ccc([N+](=O)[O-])cc1. The number of nitro groups is 1. The number of hydrogen-bond donors (Lipinski definition) is 1. The molecule has 8 nitrogen and oxygen atoms in total. The topological polar surface area (TPSA) is 114 Å². The van der Waals surface area contributed by atoms with E-state index < -0.39 is 10.8 Å². The first-order chi connectivity index (χ1) is 16.8. The summed E-state index contributed by atoms with van der Waals surface area (Å²) in [6.45, 7) is 4.18. The largest absolute Gasteiger partial charge is 0.490 e. The van der Waals surface area contributed by atoms with E-state index in [0.29, 0.717) is 34.4 Å². The van der Waals surface area contributed by atoms with Gasteiger partial charge in [-0.3, -0.25) is 14.9 Å². The summed E-state index contributed by atoms with van der Waals surface area (Å²) in [5, 5.41) is 23.4. The minimum atomic E-state index is -0.583. The van der Waals surface area contributed by atoms with Crippen molar-refractivity contribution in [3.05, 3.63) is 98.1 Å². The number of amides is 1. The molecule has 0 heterocycles. The molecular weight excluding hydrogens is 470 g/mol. The number of hydrogen-bond acceptors (Lipinski definition) is 6. The molecule has 9 heteroatoms. The van der Waals surface area contributed by atoms with Gasteiger partial charge >= 0.3 is 0 Å². The van der Waals surface area contributed by atoms with Crippen LogP contribution < -0.4 is 14.8 Å². The average Bonchev–Trinajstić information content (AvgIpc) is 2.84. The van der Waals surface area contributed by atoms with Crippen molar-refractivity contribution in [2.45, 2.75) is 20.5 Å². The molecule has 0 unspecified atom stereocenters. The third-order valence-electron chi connectivity index (χ3n) is 4.95. The fourth-order valence-corrected chi connectivity index (χ4v) is 3.43. The lowest BCUT2D eigenvalue weighted by Crippen LogP contribution is -2.14. The lowest BCUT2D eigenvalue weighted by atomic mass is 10.1. The fraction of sp³-hybridized carbons (Fsp3) is 0.154. The van der Waals surface area contributed by atoms with Crippen LogP contribution in [-0.2, 0) is 11.4 Å². The first-order valence-electron chi connectivity index (χ1n) is 10.6. The van der Waals surface area contributed by atoms with Gasteiger partial charge in [0, 0.05) is 12.1 Å². The number of nitriles is 1. The summed E-state index contributed by atoms with van der Waals surface area (Å²) in [6, 6.07) is 18.3. The smallest absolute Gasteiger partial charge is 0.269 e. The van der Waals surface area contributed by atoms with Gasteiger partial charge in [-0.25, -0.2) is 0 Å². The standard InChI is InChI=1S/C26H22ClN3O5/c1-3-34-24-14-19(9-12-23(24)35-16-18-7-10-21(11-8-18)30(32)33)13-20(15-28)26(31)29-25-17(2)5-4-6-22(25)27/h4-14H,3,16H2,1-2H3,(H,29,31)/b20-13+. The van der Waals surface area contributed by atoms with E-state index in [4.69, 9.17) is 21.1 Å². The van der Waals surface area contributed by atoms with Crippen molar-refractivity contribution >= 4 is 35.0 Å². The summed E-state index contributed by atoms with van der Waals surface area (Å²) in [5.74, 6) is 0.306. The molecule has 0 atom stereocenters. The van der Waals surface area contributed by atoms with Crippen molar-refractivity contribution in [1.29, 1.82) is 5.26 Å². The predicted octanol–water partition coefficient (Wildman–Crippen LogP) is 6.08. The Labute approximate surface area is 207 Å². The average molecular weight is 492 g/mol. The van der Waals surface area contributed by atoms with Gasteiger partial charge in [-0.1, -0.05) is 29.8 Å². The number of para-hydroxylation sites is 1. The highest BCUT2D eigenvalue weighted by molar-refractivity contribution is 6.34. The van der Waals surface area contributed by atoms with Gasteiger partial charge < -0.3 is 14.8 Å². The molecule has 0 fully saturated rings. The Morgan fingerprint density at radius 3 is 2.51 bits per heavy atom. The van der Waals surface area contributed by atoms with Crippen molar-refractivity contribution in [1.82, 2.24) is 0 Å². The molecular formula is C26H22ClN3O5. The fourth-order valence-electron chi connectivity index (χ4n) is 3.16. The van der Waals surface area contributed by atoms with E-state index in [1.807, 2.05) is 13.0 Å². The van der Waals surface area contributed by atoms with Crippen molar-refractivity contribution in [2.24, 2.45) is 0 Å². The minimum absolute atomic E-state index is 0.00178. The molecule has 0 saturated carbocycles. The number of nitrogens with zero attached hydrogens (tertiary/aromatic N) is 2. The highest BCUT2D eigenvalue weighted by atomic mass is 35.5. The number of non-ortho nitro benzene ring substituents is 1. The Morgan fingerprint density at radius 2 is 1.89 bits per heavy atom. The van der Waals surface area contributed by atoms with Crippen LogP contribution in [0.1, 0.15) is 23.6 Å². The molecule has 1 amide bonds. The van der Waals surface area contributed by atoms with Gasteiger partial charge in [-0.2, -0.15) is 5.26 Å². The van der Waals surface area contributed by atoms with E-state index in [1.165, 1.54) is 18.2 Å². The second kappa shape index (κ2) is 11.7. The number of aryl methyl sites for hydroxylation is 1. The number of ether oxygens (including phenoxy) is 2. The number of benzene rings is 3. The summed E-state index contributed by atoms with van der Waals surface area (Å²) < 4.78 is 11.5. The molecule has 3 aromatic rings. The van der Waals surface area contributed by atoms with Gasteiger partial charge in [-0.05, 0) is 66.9 Å². The number of rotatable bonds is 9. The van der Waals surface area contributed by atoms with E-state index in [9.17, 15) is 20.2 Å². The molecule has 0 bridgehead atoms. The van der Waals surface area contributed by atoms with Crippen LogP contribution in [0.3, 0.4) is 0 Å². The van der Waals surface area contributed by atoms with Crippen LogP contribution in [0.4, 0.5) is 11.4 Å². The number of nitrogens with one attached hydrogen (secondary N) is 1. The third kappa shape index (κ3) is 6.59. The van der Waals surface area contributed by atoms with Crippen molar-refractivity contribution < 1.29 is 19.2 Å². The molecule has 35 heavy (non-hydrogen) atoms. The first-order valence-corrected chi connectivity index (χ1v) is 11.0. The van der Waals surface area contributed by atoms with Crippen LogP contribution in [0.25, 0.3) is 6.08 Å². The van der Waals surface area contributed by atoms with E-state index >= 15 is 0 Å². The zero-order valence-corrected chi connectivity index (χ0v) is 19.8. The maximum Gasteiger partial charge on any atom is 0.269 e. The lowest BCUT2D eigenvalue weighted by Gasteiger charge is -2.13. The maximum absolute atomic E-state index is 12.7. The molecule has 0 aromatic heterocycles. The monoisotopic (exact) mass is 491 g/mol. The normalized spacial score (nSPS) is 10.9. The Balaban J connectivity index is 1.78. The summed E-state index contributed by atoms with van der Waals surface area (Å²) in [6.07, 6.45) is 1.45. The number of nitro benzene ring substituents is 1. The number of carbonyl (C=O) groups is 1. The maximum atomic E-state index is 12.7. The number of halogens is 1. The number of carbonyl (C=O) groups excluding carboxylic acids is 1. The molecule has 0 aliphatic carbocycles. The highest BCUT2D eigenvalue weighted by Gasteiger charge is 2.14. The van der Waals surface area contributed by atoms with E-state index in [0.717, 1.165) is 11.1 Å². The van der Waals surface area contributed by atoms with Crippen LogP contribution in [0.2, 0.25) is 5.02 Å². The molecule has 0 radical (unpaired) electrons. The van der Waals surface area contributed by atoms with E-state index in [-0.39, 0.29) is 17.9 Å². The second-order valence-electron chi connectivity index (χ2n) is 7.41. The van der Waals surface area contributed by atoms with Gasteiger partial charge in [0.25, 0.3) is 11.6 Å². The quantitative estimate of drug-likeness (QED) is 0.168. The Hall–Kier alpha value is -4.35. The molecule has 3 aromatic carbocycles. The van der Waals surface area contributed by atoms with Crippen LogP contribution in [-0.4, -0.2) is 17.4 Å². The van der Waals surface area contributed by atoms with Gasteiger partial charge in [0.2, 0.25) is 0 Å². The van der Waals surface area contributed by atoms with Crippen LogP contribution in [0, 0.1) is 28.4 Å². The van der Waals surface area contributed by atoms with Crippen molar-refractivity contribution in [3.8, 4) is 17.6 Å². The predicted molar refractivity (Wildman–Crippen MR) is 133 cm³/mol. The second-order valence-corrected chi connectivity index (χ2v) is 7.81. The molecule has 3 rings (SSSR count). The first kappa shape index (κ1) is 25.3. The summed E-state index contributed by atoms with van der Waals surface area (Å²) >= 11 is 6.17. The zero-order chi connectivity index (χ0) is 25.4.